The Hall–Kier alpha value is -1.89. The fraction of sp³-hybridized carbons (Fsp3) is 0.904. The molecule has 346 valence electrons. The van der Waals surface area contributed by atoms with E-state index >= 15 is 0 Å². The van der Waals surface area contributed by atoms with Gasteiger partial charge in [0, 0.05) is 18.9 Å². The summed E-state index contributed by atoms with van der Waals surface area (Å²) >= 11 is 0. The second-order valence-corrected chi connectivity index (χ2v) is 18.6. The molecule has 0 amide bonds. The maximum atomic E-state index is 12.9. The summed E-state index contributed by atoms with van der Waals surface area (Å²) < 4.78 is 14.0. The number of rotatable bonds is 44. The summed E-state index contributed by atoms with van der Waals surface area (Å²) in [6, 6.07) is 0. The Balaban J connectivity index is 2.34. The van der Waals surface area contributed by atoms with Gasteiger partial charge in [-0.15, -0.1) is 0 Å². The van der Waals surface area contributed by atoms with E-state index < -0.39 is 0 Å². The third kappa shape index (κ3) is 32.5. The molecular weight excluding hydrogens is 731 g/mol. The summed E-state index contributed by atoms with van der Waals surface area (Å²) in [7, 11) is 0. The zero-order valence-corrected chi connectivity index (χ0v) is 40.2. The topological polar surface area (TPSA) is 73.7 Å². The van der Waals surface area contributed by atoms with Gasteiger partial charge >= 0.3 is 11.9 Å². The molecule has 59 heavy (non-hydrogen) atoms. The molecule has 0 N–H and O–H groups in total. The van der Waals surface area contributed by atoms with Crippen molar-refractivity contribution in [3.8, 4) is 0 Å². The minimum Gasteiger partial charge on any atom is -0.465 e. The molecule has 1 heterocycles. The van der Waals surface area contributed by atoms with Crippen LogP contribution in [0.2, 0.25) is 0 Å². The molecule has 0 fully saturated rings. The SMILES string of the molecule is CCCCCCCCC(CCCC)COC(=O)C(C)CCCCCCN(CCCCCCC(C)C(=O)OCC(CCCC)CCCCCCCC)CCCn1ccnc1. The van der Waals surface area contributed by atoms with E-state index in [4.69, 9.17) is 9.47 Å². The summed E-state index contributed by atoms with van der Waals surface area (Å²) in [5.41, 5.74) is 0. The molecule has 0 aliphatic heterocycles. The van der Waals surface area contributed by atoms with E-state index in [9.17, 15) is 9.59 Å². The molecule has 0 saturated carbocycles. The highest BCUT2D eigenvalue weighted by molar-refractivity contribution is 5.72. The number of carbonyl (C=O) groups excluding carboxylic acids is 2. The van der Waals surface area contributed by atoms with Crippen molar-refractivity contribution in [2.24, 2.45) is 23.7 Å². The molecular formula is C52H99N3O4. The van der Waals surface area contributed by atoms with Gasteiger partial charge < -0.3 is 18.9 Å². The van der Waals surface area contributed by atoms with E-state index in [-0.39, 0.29) is 23.8 Å². The Bertz CT molecular complexity index is 987. The summed E-state index contributed by atoms with van der Waals surface area (Å²) in [5.74, 6) is 1.06. The number of esters is 2. The van der Waals surface area contributed by atoms with Crippen molar-refractivity contribution < 1.29 is 19.1 Å². The van der Waals surface area contributed by atoms with E-state index in [1.807, 2.05) is 12.5 Å². The fourth-order valence-corrected chi connectivity index (χ4v) is 8.46. The van der Waals surface area contributed by atoms with Gasteiger partial charge in [-0.2, -0.15) is 0 Å². The number of imidazole rings is 1. The number of nitrogens with zero attached hydrogens (tertiary/aromatic N) is 3. The first-order valence-corrected chi connectivity index (χ1v) is 25.9. The quantitative estimate of drug-likeness (QED) is 0.0482. The van der Waals surface area contributed by atoms with Gasteiger partial charge in [-0.25, -0.2) is 4.98 Å². The first-order valence-electron chi connectivity index (χ1n) is 25.9. The molecule has 0 spiro atoms. The molecule has 1 rings (SSSR count). The second-order valence-electron chi connectivity index (χ2n) is 18.6. The van der Waals surface area contributed by atoms with Gasteiger partial charge in [0.05, 0.1) is 31.4 Å². The molecule has 0 aliphatic rings. The predicted molar refractivity (Wildman–Crippen MR) is 252 cm³/mol. The van der Waals surface area contributed by atoms with E-state index in [1.165, 1.54) is 167 Å². The smallest absolute Gasteiger partial charge is 0.308 e. The van der Waals surface area contributed by atoms with Crippen LogP contribution in [0.3, 0.4) is 0 Å². The highest BCUT2D eigenvalue weighted by Gasteiger charge is 2.19. The van der Waals surface area contributed by atoms with Crippen LogP contribution in [0.1, 0.15) is 241 Å². The van der Waals surface area contributed by atoms with Crippen LogP contribution in [0, 0.1) is 23.7 Å². The van der Waals surface area contributed by atoms with Crippen LogP contribution in [-0.2, 0) is 25.6 Å². The minimum atomic E-state index is -0.00759. The van der Waals surface area contributed by atoms with Crippen molar-refractivity contribution in [3.63, 3.8) is 0 Å². The van der Waals surface area contributed by atoms with Crippen LogP contribution in [0.15, 0.2) is 18.7 Å². The second kappa shape index (κ2) is 40.2. The van der Waals surface area contributed by atoms with E-state index in [2.05, 4.69) is 62.2 Å². The Morgan fingerprint density at radius 1 is 0.492 bits per heavy atom. The molecule has 1 aromatic heterocycles. The summed E-state index contributed by atoms with van der Waals surface area (Å²) in [4.78, 5) is 32.6. The maximum Gasteiger partial charge on any atom is 0.308 e. The predicted octanol–water partition coefficient (Wildman–Crippen LogP) is 14.9. The molecule has 0 aromatic carbocycles. The van der Waals surface area contributed by atoms with Crippen LogP contribution in [-0.4, -0.2) is 59.2 Å². The molecule has 7 heteroatoms. The number of ether oxygens (including phenoxy) is 2. The number of hydrogen-bond donors (Lipinski definition) is 0. The van der Waals surface area contributed by atoms with Crippen molar-refractivity contribution in [3.05, 3.63) is 18.7 Å². The van der Waals surface area contributed by atoms with Crippen molar-refractivity contribution in [1.29, 1.82) is 0 Å². The lowest BCUT2D eigenvalue weighted by molar-refractivity contribution is -0.150. The Morgan fingerprint density at radius 3 is 1.29 bits per heavy atom. The van der Waals surface area contributed by atoms with Gasteiger partial charge in [-0.1, -0.05) is 183 Å². The summed E-state index contributed by atoms with van der Waals surface area (Å²) in [6.45, 7) is 18.8. The van der Waals surface area contributed by atoms with Gasteiger partial charge in [-0.05, 0) is 89.3 Å². The van der Waals surface area contributed by atoms with Crippen LogP contribution in [0.4, 0.5) is 0 Å². The lowest BCUT2D eigenvalue weighted by Gasteiger charge is -2.22. The van der Waals surface area contributed by atoms with Crippen LogP contribution < -0.4 is 0 Å². The Morgan fingerprint density at radius 2 is 0.864 bits per heavy atom. The van der Waals surface area contributed by atoms with Crippen molar-refractivity contribution in [1.82, 2.24) is 14.5 Å². The van der Waals surface area contributed by atoms with Crippen molar-refractivity contribution in [2.45, 2.75) is 247 Å². The van der Waals surface area contributed by atoms with Gasteiger partial charge in [0.15, 0.2) is 0 Å². The van der Waals surface area contributed by atoms with Crippen molar-refractivity contribution >= 4 is 11.9 Å². The normalized spacial score (nSPS) is 13.7. The van der Waals surface area contributed by atoms with Gasteiger partial charge in [0.2, 0.25) is 0 Å². The molecule has 1 aromatic rings. The highest BCUT2D eigenvalue weighted by atomic mass is 16.5. The molecule has 0 aliphatic carbocycles. The number of carbonyl (C=O) groups is 2. The highest BCUT2D eigenvalue weighted by Crippen LogP contribution is 2.22. The monoisotopic (exact) mass is 830 g/mol. The maximum absolute atomic E-state index is 12.9. The van der Waals surface area contributed by atoms with Crippen molar-refractivity contribution in [2.75, 3.05) is 32.8 Å². The van der Waals surface area contributed by atoms with E-state index in [0.717, 1.165) is 58.3 Å². The Labute approximate surface area is 366 Å². The minimum absolute atomic E-state index is 0.00759. The summed E-state index contributed by atoms with van der Waals surface area (Å²) in [6.07, 6.45) is 43.7. The zero-order chi connectivity index (χ0) is 43.0. The van der Waals surface area contributed by atoms with Crippen LogP contribution in [0.25, 0.3) is 0 Å². The lowest BCUT2D eigenvalue weighted by atomic mass is 9.95. The summed E-state index contributed by atoms with van der Waals surface area (Å²) in [5, 5.41) is 0. The third-order valence-corrected chi connectivity index (χ3v) is 12.8. The average Bonchev–Trinajstić information content (AvgIpc) is 3.77. The number of aromatic nitrogens is 2. The van der Waals surface area contributed by atoms with Gasteiger partial charge in [0.1, 0.15) is 0 Å². The molecule has 4 unspecified atom stereocenters. The first-order chi connectivity index (χ1) is 28.8. The average molecular weight is 830 g/mol. The van der Waals surface area contributed by atoms with E-state index in [1.54, 1.807) is 0 Å². The Kier molecular flexibility index (Phi) is 37.6. The number of aryl methyl sites for hydroxylation is 1. The fourth-order valence-electron chi connectivity index (χ4n) is 8.46. The number of unbranched alkanes of at least 4 members (excludes halogenated alkanes) is 18. The molecule has 0 saturated heterocycles. The molecule has 0 radical (unpaired) electrons. The van der Waals surface area contributed by atoms with Gasteiger partial charge in [-0.3, -0.25) is 9.59 Å². The lowest BCUT2D eigenvalue weighted by Crippen LogP contribution is -2.28. The molecule has 7 nitrogen and oxygen atoms in total. The zero-order valence-electron chi connectivity index (χ0n) is 40.2. The van der Waals surface area contributed by atoms with Crippen LogP contribution >= 0.6 is 0 Å². The van der Waals surface area contributed by atoms with Crippen LogP contribution in [0.5, 0.6) is 0 Å². The molecule has 4 atom stereocenters. The number of hydrogen-bond acceptors (Lipinski definition) is 6. The molecule has 0 bridgehead atoms. The standard InChI is InChI=1S/C52H99N3O4/c1-7-11-15-17-19-27-36-49(34-13-9-3)44-58-51(56)47(5)32-25-21-23-29-39-54(41-31-42-55-43-38-53-46-55)40-30-24-22-26-33-48(6)52(57)59-45-50(35-14-10-4)37-28-20-18-16-12-8-2/h38,43,46-50H,7-37,39-42,44-45H2,1-6H3. The van der Waals surface area contributed by atoms with E-state index in [0.29, 0.717) is 25.0 Å². The largest absolute Gasteiger partial charge is 0.465 e. The van der Waals surface area contributed by atoms with Gasteiger partial charge in [0.25, 0.3) is 0 Å². The third-order valence-electron chi connectivity index (χ3n) is 12.8. The first kappa shape index (κ1) is 55.1.